The quantitative estimate of drug-likeness (QED) is 0.742. The largest absolute Gasteiger partial charge is 0.312 e. The molecular weight excluding hydrogens is 270 g/mol. The minimum atomic E-state index is -0.782. The monoisotopic (exact) mass is 298 g/mol. The fourth-order valence-electron chi connectivity index (χ4n) is 2.64. The van der Waals surface area contributed by atoms with E-state index < -0.39 is 11.6 Å². The molecule has 0 aliphatic rings. The van der Waals surface area contributed by atoms with Crippen molar-refractivity contribution in [3.05, 3.63) is 35.4 Å². The van der Waals surface area contributed by atoms with Crippen LogP contribution in [0, 0.1) is 17.6 Å². The molecule has 0 spiro atoms. The highest BCUT2D eigenvalue weighted by molar-refractivity contribution is 5.22. The summed E-state index contributed by atoms with van der Waals surface area (Å²) >= 11 is 0. The maximum atomic E-state index is 14.0. The zero-order valence-electron chi connectivity index (χ0n) is 13.6. The summed E-state index contributed by atoms with van der Waals surface area (Å²) in [4.78, 5) is 2.31. The maximum absolute atomic E-state index is 14.0. The van der Waals surface area contributed by atoms with Crippen molar-refractivity contribution in [1.29, 1.82) is 0 Å². The molecule has 1 atom stereocenters. The molecule has 0 aliphatic carbocycles. The summed E-state index contributed by atoms with van der Waals surface area (Å²) in [5.74, 6) is -0.869. The summed E-state index contributed by atoms with van der Waals surface area (Å²) in [5.41, 5.74) is 0.403. The van der Waals surface area contributed by atoms with E-state index in [1.54, 1.807) is 19.2 Å². The van der Waals surface area contributed by atoms with Gasteiger partial charge < -0.3 is 10.2 Å². The summed E-state index contributed by atoms with van der Waals surface area (Å²) < 4.78 is 27.4. The molecule has 120 valence electrons. The van der Waals surface area contributed by atoms with Crippen LogP contribution in [-0.4, -0.2) is 31.6 Å². The molecule has 21 heavy (non-hydrogen) atoms. The Labute approximate surface area is 127 Å². The van der Waals surface area contributed by atoms with Crippen LogP contribution in [0.5, 0.6) is 0 Å². The molecule has 1 N–H and O–H groups in total. The summed E-state index contributed by atoms with van der Waals surface area (Å²) in [5, 5.41) is 3.11. The topological polar surface area (TPSA) is 15.3 Å². The Morgan fingerprint density at radius 1 is 1.10 bits per heavy atom. The second-order valence-electron chi connectivity index (χ2n) is 5.52. The van der Waals surface area contributed by atoms with Crippen molar-refractivity contribution < 1.29 is 8.78 Å². The van der Waals surface area contributed by atoms with Crippen LogP contribution >= 0.6 is 0 Å². The lowest BCUT2D eigenvalue weighted by Gasteiger charge is -2.29. The van der Waals surface area contributed by atoms with Crippen molar-refractivity contribution in [2.45, 2.75) is 39.7 Å². The average Bonchev–Trinajstić information content (AvgIpc) is 2.51. The maximum Gasteiger partial charge on any atom is 0.163 e. The van der Waals surface area contributed by atoms with E-state index in [0.29, 0.717) is 18.0 Å². The normalized spacial score (nSPS) is 13.1. The lowest BCUT2D eigenvalue weighted by molar-refractivity contribution is 0.212. The third-order valence-corrected chi connectivity index (χ3v) is 4.26. The van der Waals surface area contributed by atoms with Gasteiger partial charge in [0.2, 0.25) is 0 Å². The Morgan fingerprint density at radius 3 is 2.29 bits per heavy atom. The van der Waals surface area contributed by atoms with Gasteiger partial charge in [0.15, 0.2) is 11.6 Å². The zero-order chi connectivity index (χ0) is 15.8. The zero-order valence-corrected chi connectivity index (χ0v) is 13.6. The van der Waals surface area contributed by atoms with Gasteiger partial charge in [-0.05, 0) is 25.6 Å². The predicted molar refractivity (Wildman–Crippen MR) is 84.3 cm³/mol. The third kappa shape index (κ3) is 5.04. The molecule has 2 nitrogen and oxygen atoms in total. The first-order valence-electron chi connectivity index (χ1n) is 7.90. The van der Waals surface area contributed by atoms with Crippen molar-refractivity contribution in [1.82, 2.24) is 10.2 Å². The molecule has 1 unspecified atom stereocenters. The number of halogens is 2. The number of hydrogen-bond acceptors (Lipinski definition) is 2. The third-order valence-electron chi connectivity index (χ3n) is 4.26. The average molecular weight is 298 g/mol. The summed E-state index contributed by atoms with van der Waals surface area (Å²) in [6, 6.07) is 4.18. The molecule has 0 fully saturated rings. The molecule has 1 aromatic carbocycles. The number of nitrogens with one attached hydrogen (secondary N) is 1. The first kappa shape index (κ1) is 18.1. The highest BCUT2D eigenvalue weighted by Gasteiger charge is 2.20. The molecule has 0 bridgehead atoms. The highest BCUT2D eigenvalue weighted by atomic mass is 19.2. The van der Waals surface area contributed by atoms with Crippen LogP contribution in [0.2, 0.25) is 0 Å². The van der Waals surface area contributed by atoms with E-state index in [0.717, 1.165) is 32.0 Å². The number of hydrogen-bond donors (Lipinski definition) is 1. The van der Waals surface area contributed by atoms with Crippen LogP contribution in [0.4, 0.5) is 8.78 Å². The van der Waals surface area contributed by atoms with Gasteiger partial charge in [-0.25, -0.2) is 8.78 Å². The lowest BCUT2D eigenvalue weighted by atomic mass is 10.0. The summed E-state index contributed by atoms with van der Waals surface area (Å²) in [6.45, 7) is 9.10. The van der Waals surface area contributed by atoms with E-state index in [1.807, 2.05) is 0 Å². The van der Waals surface area contributed by atoms with Gasteiger partial charge in [0.25, 0.3) is 0 Å². The van der Waals surface area contributed by atoms with Gasteiger partial charge in [0.05, 0.1) is 0 Å². The molecule has 0 aliphatic heterocycles. The van der Waals surface area contributed by atoms with Gasteiger partial charge >= 0.3 is 0 Å². The van der Waals surface area contributed by atoms with E-state index in [1.165, 1.54) is 0 Å². The second kappa shape index (κ2) is 9.11. The second-order valence-corrected chi connectivity index (χ2v) is 5.52. The van der Waals surface area contributed by atoms with E-state index in [-0.39, 0.29) is 6.04 Å². The van der Waals surface area contributed by atoms with Crippen molar-refractivity contribution in [2.75, 3.05) is 26.7 Å². The smallest absolute Gasteiger partial charge is 0.163 e. The Kier molecular flexibility index (Phi) is 7.83. The Balaban J connectivity index is 2.82. The van der Waals surface area contributed by atoms with Crippen LogP contribution in [0.25, 0.3) is 0 Å². The van der Waals surface area contributed by atoms with Crippen LogP contribution in [0.1, 0.15) is 45.2 Å². The van der Waals surface area contributed by atoms with Crippen molar-refractivity contribution in [3.8, 4) is 0 Å². The number of likely N-dealkylation sites (N-methyl/N-ethyl adjacent to an activating group) is 2. The molecular formula is C17H28F2N2. The molecule has 0 aromatic heterocycles. The van der Waals surface area contributed by atoms with Gasteiger partial charge in [-0.1, -0.05) is 45.7 Å². The van der Waals surface area contributed by atoms with Crippen molar-refractivity contribution in [2.24, 2.45) is 5.92 Å². The van der Waals surface area contributed by atoms with E-state index in [2.05, 4.69) is 31.0 Å². The molecule has 0 radical (unpaired) electrons. The predicted octanol–water partition coefficient (Wildman–Crippen LogP) is 3.98. The summed E-state index contributed by atoms with van der Waals surface area (Å²) in [6.07, 6.45) is 2.29. The molecule has 0 saturated carbocycles. The van der Waals surface area contributed by atoms with Crippen molar-refractivity contribution >= 4 is 0 Å². The first-order valence-corrected chi connectivity index (χ1v) is 7.90. The standard InChI is InChI=1S/C17H28F2N2/c1-5-13(6-2)11-21(7-3)12-16(20-4)14-9-8-10-15(18)17(14)19/h8-10,13,16,20H,5-7,11-12H2,1-4H3. The van der Waals surface area contributed by atoms with Crippen molar-refractivity contribution in [3.63, 3.8) is 0 Å². The minimum Gasteiger partial charge on any atom is -0.312 e. The van der Waals surface area contributed by atoms with Crippen LogP contribution in [0.15, 0.2) is 18.2 Å². The fraction of sp³-hybridized carbons (Fsp3) is 0.647. The molecule has 1 rings (SSSR count). The Morgan fingerprint density at radius 2 is 1.76 bits per heavy atom. The van der Waals surface area contributed by atoms with E-state index in [9.17, 15) is 8.78 Å². The molecule has 0 saturated heterocycles. The first-order chi connectivity index (χ1) is 10.1. The van der Waals surface area contributed by atoms with Gasteiger partial charge in [-0.15, -0.1) is 0 Å². The Bertz CT molecular complexity index is 419. The van der Waals surface area contributed by atoms with Crippen LogP contribution in [-0.2, 0) is 0 Å². The Hall–Kier alpha value is -1.00. The van der Waals surface area contributed by atoms with Gasteiger partial charge in [-0.3, -0.25) is 0 Å². The van der Waals surface area contributed by atoms with Gasteiger partial charge in [-0.2, -0.15) is 0 Å². The number of rotatable bonds is 9. The van der Waals surface area contributed by atoms with Crippen LogP contribution in [0.3, 0.4) is 0 Å². The van der Waals surface area contributed by atoms with E-state index in [4.69, 9.17) is 0 Å². The fourth-order valence-corrected chi connectivity index (χ4v) is 2.64. The number of nitrogens with zero attached hydrogens (tertiary/aromatic N) is 1. The molecule has 4 heteroatoms. The number of benzene rings is 1. The van der Waals surface area contributed by atoms with Gasteiger partial charge in [0, 0.05) is 24.7 Å². The van der Waals surface area contributed by atoms with E-state index >= 15 is 0 Å². The van der Waals surface area contributed by atoms with Gasteiger partial charge in [0.1, 0.15) is 0 Å². The lowest BCUT2D eigenvalue weighted by Crippen LogP contribution is -2.37. The minimum absolute atomic E-state index is 0.199. The SMILES string of the molecule is CCC(CC)CN(CC)CC(NC)c1cccc(F)c1F. The molecule has 1 aromatic rings. The summed E-state index contributed by atoms with van der Waals surface area (Å²) in [7, 11) is 1.79. The van der Waals surface area contributed by atoms with Crippen LogP contribution < -0.4 is 5.32 Å². The molecule has 0 heterocycles. The molecule has 0 amide bonds. The highest BCUT2D eigenvalue weighted by Crippen LogP contribution is 2.21.